The van der Waals surface area contributed by atoms with Gasteiger partial charge in [-0.25, -0.2) is 0 Å². The number of nitrogens with one attached hydrogen (secondary N) is 1. The molecule has 0 aliphatic carbocycles. The summed E-state index contributed by atoms with van der Waals surface area (Å²) >= 11 is 0. The summed E-state index contributed by atoms with van der Waals surface area (Å²) in [5.41, 5.74) is 0. The summed E-state index contributed by atoms with van der Waals surface area (Å²) in [6.45, 7) is 8.85. The largest absolute Gasteiger partial charge is 0.375 e. The Labute approximate surface area is 92.0 Å². The summed E-state index contributed by atoms with van der Waals surface area (Å²) in [5.74, 6) is 0.186. The number of hydrogen-bond acceptors (Lipinski definition) is 3. The van der Waals surface area contributed by atoms with Crippen molar-refractivity contribution in [3.63, 3.8) is 0 Å². The minimum atomic E-state index is 0.163. The van der Waals surface area contributed by atoms with Crippen molar-refractivity contribution in [3.05, 3.63) is 0 Å². The highest BCUT2D eigenvalue weighted by Crippen LogP contribution is 2.10. The molecule has 1 saturated heterocycles. The maximum Gasteiger partial charge on any atom is 0.236 e. The van der Waals surface area contributed by atoms with E-state index in [1.165, 1.54) is 0 Å². The van der Waals surface area contributed by atoms with Crippen LogP contribution >= 0.6 is 0 Å². The van der Waals surface area contributed by atoms with Gasteiger partial charge in [0.15, 0.2) is 0 Å². The number of carbonyl (C=O) groups is 1. The van der Waals surface area contributed by atoms with E-state index in [2.05, 4.69) is 12.2 Å². The first-order chi connectivity index (χ1) is 7.15. The lowest BCUT2D eigenvalue weighted by Gasteiger charge is -2.36. The Morgan fingerprint density at radius 3 is 2.93 bits per heavy atom. The van der Waals surface area contributed by atoms with Crippen LogP contribution in [0.4, 0.5) is 0 Å². The van der Waals surface area contributed by atoms with Crippen molar-refractivity contribution < 1.29 is 9.53 Å². The fourth-order valence-corrected chi connectivity index (χ4v) is 1.72. The van der Waals surface area contributed by atoms with E-state index < -0.39 is 0 Å². The van der Waals surface area contributed by atoms with Crippen molar-refractivity contribution >= 4 is 5.91 Å². The number of nitrogens with zero attached hydrogens (tertiary/aromatic N) is 1. The average molecular weight is 214 g/mol. The molecule has 1 rings (SSSR count). The number of hydrogen-bond donors (Lipinski definition) is 1. The topological polar surface area (TPSA) is 41.6 Å². The first-order valence-electron chi connectivity index (χ1n) is 5.77. The van der Waals surface area contributed by atoms with Crippen LogP contribution < -0.4 is 5.32 Å². The summed E-state index contributed by atoms with van der Waals surface area (Å²) in [4.78, 5) is 13.8. The number of amides is 1. The number of carbonyl (C=O) groups excluding carboxylic acids is 1. The van der Waals surface area contributed by atoms with E-state index in [0.29, 0.717) is 19.7 Å². The highest BCUT2D eigenvalue weighted by molar-refractivity contribution is 5.78. The van der Waals surface area contributed by atoms with Crippen molar-refractivity contribution in [2.24, 2.45) is 0 Å². The van der Waals surface area contributed by atoms with Crippen molar-refractivity contribution in [2.75, 3.05) is 26.2 Å². The van der Waals surface area contributed by atoms with Crippen molar-refractivity contribution in [3.8, 4) is 0 Å². The third-order valence-corrected chi connectivity index (χ3v) is 2.63. The van der Waals surface area contributed by atoms with E-state index in [9.17, 15) is 4.79 Å². The van der Waals surface area contributed by atoms with Crippen LogP contribution in [-0.4, -0.2) is 49.2 Å². The molecule has 0 radical (unpaired) electrons. The minimum Gasteiger partial charge on any atom is -0.375 e. The summed E-state index contributed by atoms with van der Waals surface area (Å²) in [6, 6.07) is 0.206. The lowest BCUT2D eigenvalue weighted by atomic mass is 10.2. The van der Waals surface area contributed by atoms with Gasteiger partial charge in [0.25, 0.3) is 0 Å². The number of rotatable bonds is 4. The molecule has 0 bridgehead atoms. The first-order valence-corrected chi connectivity index (χ1v) is 5.77. The van der Waals surface area contributed by atoms with Crippen molar-refractivity contribution in [1.82, 2.24) is 10.2 Å². The summed E-state index contributed by atoms with van der Waals surface area (Å²) < 4.78 is 5.48. The molecule has 1 N–H and O–H groups in total. The third kappa shape index (κ3) is 3.80. The van der Waals surface area contributed by atoms with Gasteiger partial charge in [0.05, 0.1) is 25.3 Å². The maximum atomic E-state index is 11.8. The molecule has 4 heteroatoms. The zero-order valence-electron chi connectivity index (χ0n) is 9.95. The standard InChI is InChI=1S/C11H22N2O2/c1-4-5-12-6-11(14)13-7-10(3)15-8-9(13)2/h9-10,12H,4-8H2,1-3H3. The Hall–Kier alpha value is -0.610. The predicted molar refractivity (Wildman–Crippen MR) is 59.7 cm³/mol. The van der Waals surface area contributed by atoms with E-state index in [1.807, 2.05) is 18.7 Å². The van der Waals surface area contributed by atoms with E-state index in [-0.39, 0.29) is 18.1 Å². The molecule has 4 nitrogen and oxygen atoms in total. The summed E-state index contributed by atoms with van der Waals surface area (Å²) in [6.07, 6.45) is 1.22. The second-order valence-electron chi connectivity index (χ2n) is 4.22. The molecule has 88 valence electrons. The average Bonchev–Trinajstić information content (AvgIpc) is 2.22. The molecular weight excluding hydrogens is 192 g/mol. The first kappa shape index (κ1) is 12.5. The highest BCUT2D eigenvalue weighted by Gasteiger charge is 2.26. The van der Waals surface area contributed by atoms with Crippen molar-refractivity contribution in [2.45, 2.75) is 39.3 Å². The molecule has 2 atom stereocenters. The van der Waals surface area contributed by atoms with Gasteiger partial charge in [-0.3, -0.25) is 4.79 Å². The lowest BCUT2D eigenvalue weighted by Crippen LogP contribution is -2.52. The molecule has 0 aromatic heterocycles. The molecule has 1 heterocycles. The van der Waals surface area contributed by atoms with E-state index in [1.54, 1.807) is 0 Å². The highest BCUT2D eigenvalue weighted by atomic mass is 16.5. The Kier molecular flexibility index (Phi) is 5.05. The molecule has 1 amide bonds. The van der Waals surface area contributed by atoms with Crippen LogP contribution in [0.15, 0.2) is 0 Å². The zero-order valence-corrected chi connectivity index (χ0v) is 9.95. The third-order valence-electron chi connectivity index (χ3n) is 2.63. The molecule has 0 spiro atoms. The lowest BCUT2D eigenvalue weighted by molar-refractivity contribution is -0.142. The van der Waals surface area contributed by atoms with Crippen LogP contribution in [0.1, 0.15) is 27.2 Å². The normalized spacial score (nSPS) is 26.7. The van der Waals surface area contributed by atoms with E-state index in [0.717, 1.165) is 13.0 Å². The van der Waals surface area contributed by atoms with Gasteiger partial charge in [-0.15, -0.1) is 0 Å². The minimum absolute atomic E-state index is 0.163. The molecule has 1 aliphatic rings. The predicted octanol–water partition coefficient (Wildman–Crippen LogP) is 0.622. The zero-order chi connectivity index (χ0) is 11.3. The number of ether oxygens (including phenoxy) is 1. The van der Waals surface area contributed by atoms with Crippen LogP contribution in [0.2, 0.25) is 0 Å². The van der Waals surface area contributed by atoms with E-state index in [4.69, 9.17) is 4.74 Å². The van der Waals surface area contributed by atoms with Gasteiger partial charge in [0.2, 0.25) is 5.91 Å². The summed E-state index contributed by atoms with van der Waals surface area (Å²) in [5, 5.41) is 3.14. The molecule has 0 saturated carbocycles. The van der Waals surface area contributed by atoms with Crippen LogP contribution in [0.5, 0.6) is 0 Å². The quantitative estimate of drug-likeness (QED) is 0.698. The second kappa shape index (κ2) is 6.08. The van der Waals surface area contributed by atoms with Crippen LogP contribution in [0, 0.1) is 0 Å². The Morgan fingerprint density at radius 2 is 2.27 bits per heavy atom. The van der Waals surface area contributed by atoms with E-state index >= 15 is 0 Å². The fraction of sp³-hybridized carbons (Fsp3) is 0.909. The van der Waals surface area contributed by atoms with Gasteiger partial charge in [0.1, 0.15) is 0 Å². The SMILES string of the molecule is CCCNCC(=O)N1CC(C)OCC1C. The molecule has 1 aliphatic heterocycles. The van der Waals surface area contributed by atoms with Gasteiger partial charge >= 0.3 is 0 Å². The molecule has 0 aromatic carbocycles. The fourth-order valence-electron chi connectivity index (χ4n) is 1.72. The molecule has 2 unspecified atom stereocenters. The van der Waals surface area contributed by atoms with Gasteiger partial charge in [-0.2, -0.15) is 0 Å². The maximum absolute atomic E-state index is 11.8. The monoisotopic (exact) mass is 214 g/mol. The van der Waals surface area contributed by atoms with Crippen LogP contribution in [0.25, 0.3) is 0 Å². The molecular formula is C11H22N2O2. The number of morpholine rings is 1. The Morgan fingerprint density at radius 1 is 1.53 bits per heavy atom. The smallest absolute Gasteiger partial charge is 0.236 e. The summed E-state index contributed by atoms with van der Waals surface area (Å²) in [7, 11) is 0. The molecule has 0 aromatic rings. The van der Waals surface area contributed by atoms with Crippen molar-refractivity contribution in [1.29, 1.82) is 0 Å². The van der Waals surface area contributed by atoms with Crippen LogP contribution in [0.3, 0.4) is 0 Å². The van der Waals surface area contributed by atoms with Gasteiger partial charge in [-0.05, 0) is 26.8 Å². The van der Waals surface area contributed by atoms with Gasteiger partial charge in [0, 0.05) is 6.54 Å². The molecule has 15 heavy (non-hydrogen) atoms. The Balaban J connectivity index is 2.35. The van der Waals surface area contributed by atoms with Gasteiger partial charge < -0.3 is 15.0 Å². The van der Waals surface area contributed by atoms with Gasteiger partial charge in [-0.1, -0.05) is 6.92 Å². The molecule has 1 fully saturated rings. The Bertz CT molecular complexity index is 209. The second-order valence-corrected chi connectivity index (χ2v) is 4.22. The van der Waals surface area contributed by atoms with Crippen LogP contribution in [-0.2, 0) is 9.53 Å².